The molecule has 18 heavy (non-hydrogen) atoms. The molecule has 12 nitrogen and oxygen atoms in total. The van der Waals surface area contributed by atoms with Gasteiger partial charge in [0.05, 0.1) is 0 Å². The van der Waals surface area contributed by atoms with Crippen molar-refractivity contribution in [1.82, 2.24) is 15.0 Å². The van der Waals surface area contributed by atoms with Crippen LogP contribution in [-0.2, 0) is 0 Å². The molecule has 102 valence electrons. The van der Waals surface area contributed by atoms with Gasteiger partial charge in [-0.15, -0.1) is 0 Å². The first-order chi connectivity index (χ1) is 8.02. The number of nitrogens with one attached hydrogen (secondary N) is 1. The Bertz CT molecular complexity index is 413. The van der Waals surface area contributed by atoms with Crippen LogP contribution in [0.5, 0.6) is 0 Å². The molecule has 0 radical (unpaired) electrons. The Hall–Kier alpha value is -1.83. The maximum Gasteiger partial charge on any atom is 0.310 e. The van der Waals surface area contributed by atoms with Crippen LogP contribution in [0.4, 0.5) is 17.8 Å². The first-order valence-electron chi connectivity index (χ1n) is 4.37. The number of aromatic nitrogens is 3. The molecule has 0 aliphatic heterocycles. The molecule has 0 aliphatic rings. The number of aliphatic hydroxyl groups excluding tert-OH is 1. The van der Waals surface area contributed by atoms with Crippen LogP contribution >= 0.6 is 0 Å². The van der Waals surface area contributed by atoms with Crippen LogP contribution in [0.25, 0.3) is 0 Å². The Morgan fingerprint density at radius 1 is 0.944 bits per heavy atom. The molecule has 0 saturated carbocycles. The van der Waals surface area contributed by atoms with Crippen LogP contribution in [0.3, 0.4) is 0 Å². The number of rotatable bonds is 4. The van der Waals surface area contributed by atoms with E-state index < -0.39 is 23.9 Å². The van der Waals surface area contributed by atoms with E-state index in [1.54, 1.807) is 5.32 Å². The zero-order valence-electron chi connectivity index (χ0n) is 8.76. The highest BCUT2D eigenvalue weighted by molar-refractivity contribution is 5.38. The van der Waals surface area contributed by atoms with Gasteiger partial charge in [0.15, 0.2) is 0 Å². The molecule has 0 spiro atoms. The Labute approximate surface area is 99.2 Å². The van der Waals surface area contributed by atoms with E-state index in [2.05, 4.69) is 15.0 Å². The van der Waals surface area contributed by atoms with E-state index in [0.717, 1.165) is 0 Å². The van der Waals surface area contributed by atoms with Gasteiger partial charge in [0.1, 0.15) is 0 Å². The minimum atomic E-state index is -3.78. The number of hydrogen-bond donors (Lipinski definition) is 9. The highest BCUT2D eigenvalue weighted by atomic mass is 16.7. The lowest BCUT2D eigenvalue weighted by Gasteiger charge is -2.32. The standard InChI is InChI=1S/C6H12N6O6/c7-2-9-3(8)11-4(10-2)12-5(14,15)1(13)6(16,17)18/h1,13-18H,(H5,7,8,9,10,11,12). The van der Waals surface area contributed by atoms with Crippen molar-refractivity contribution in [2.24, 2.45) is 0 Å². The van der Waals surface area contributed by atoms with Crippen molar-refractivity contribution in [2.45, 2.75) is 18.0 Å². The summed E-state index contributed by atoms with van der Waals surface area (Å²) in [6.45, 7) is 0. The summed E-state index contributed by atoms with van der Waals surface area (Å²) >= 11 is 0. The monoisotopic (exact) mass is 264 g/mol. The van der Waals surface area contributed by atoms with Gasteiger partial charge in [-0.25, -0.2) is 0 Å². The molecule has 1 unspecified atom stereocenters. The van der Waals surface area contributed by atoms with Gasteiger partial charge in [-0.3, -0.25) is 0 Å². The van der Waals surface area contributed by atoms with Gasteiger partial charge in [-0.2, -0.15) is 15.0 Å². The number of nitrogens with two attached hydrogens (primary N) is 2. The fourth-order valence-electron chi connectivity index (χ4n) is 0.968. The second-order valence-corrected chi connectivity index (χ2v) is 3.32. The third-order valence-electron chi connectivity index (χ3n) is 1.71. The molecule has 0 bridgehead atoms. The molecular formula is C6H12N6O6. The van der Waals surface area contributed by atoms with Gasteiger partial charge in [-0.05, 0) is 0 Å². The SMILES string of the molecule is Nc1nc(N)nc(NC(O)(O)C(O)C(O)(O)O)n1. The summed E-state index contributed by atoms with van der Waals surface area (Å²) in [5, 5.41) is 55.1. The largest absolute Gasteiger partial charge is 0.378 e. The highest BCUT2D eigenvalue weighted by Gasteiger charge is 2.47. The van der Waals surface area contributed by atoms with Gasteiger partial charge in [0.25, 0.3) is 5.91 Å². The first kappa shape index (κ1) is 14.2. The van der Waals surface area contributed by atoms with Gasteiger partial charge in [-0.1, -0.05) is 0 Å². The topological polar surface area (TPSA) is 224 Å². The lowest BCUT2D eigenvalue weighted by atomic mass is 10.2. The minimum Gasteiger partial charge on any atom is -0.378 e. The third-order valence-corrected chi connectivity index (χ3v) is 1.71. The average molecular weight is 264 g/mol. The maximum atomic E-state index is 9.29. The second-order valence-electron chi connectivity index (χ2n) is 3.32. The normalized spacial score (nSPS) is 14.3. The third kappa shape index (κ3) is 3.33. The van der Waals surface area contributed by atoms with E-state index in [4.69, 9.17) is 31.9 Å². The summed E-state index contributed by atoms with van der Waals surface area (Å²) in [5.41, 5.74) is 10.4. The van der Waals surface area contributed by atoms with Crippen molar-refractivity contribution in [3.63, 3.8) is 0 Å². The first-order valence-corrected chi connectivity index (χ1v) is 4.37. The molecule has 1 rings (SSSR count). The average Bonchev–Trinajstić information content (AvgIpc) is 2.12. The van der Waals surface area contributed by atoms with Crippen LogP contribution in [0.15, 0.2) is 0 Å². The van der Waals surface area contributed by atoms with E-state index in [0.29, 0.717) is 0 Å². The number of anilines is 3. The van der Waals surface area contributed by atoms with Crippen molar-refractivity contribution in [3.8, 4) is 0 Å². The maximum absolute atomic E-state index is 9.29. The van der Waals surface area contributed by atoms with Gasteiger partial charge in [0.2, 0.25) is 23.9 Å². The van der Waals surface area contributed by atoms with Crippen molar-refractivity contribution in [2.75, 3.05) is 16.8 Å². The molecule has 1 aromatic rings. The Balaban J connectivity index is 2.95. The van der Waals surface area contributed by atoms with Crippen molar-refractivity contribution in [3.05, 3.63) is 0 Å². The van der Waals surface area contributed by atoms with Crippen LogP contribution in [0, 0.1) is 0 Å². The molecule has 1 atom stereocenters. The summed E-state index contributed by atoms with van der Waals surface area (Å²) in [6.07, 6.45) is -2.83. The van der Waals surface area contributed by atoms with E-state index in [9.17, 15) is 10.2 Å². The smallest absolute Gasteiger partial charge is 0.310 e. The Kier molecular flexibility index (Phi) is 3.52. The molecule has 11 N–H and O–H groups in total. The van der Waals surface area contributed by atoms with Crippen LogP contribution in [-0.4, -0.2) is 63.6 Å². The number of hydrogen-bond acceptors (Lipinski definition) is 12. The van der Waals surface area contributed by atoms with E-state index in [-0.39, 0.29) is 11.9 Å². The molecule has 0 saturated heterocycles. The second kappa shape index (κ2) is 4.45. The number of nitrogens with zero attached hydrogens (tertiary/aromatic N) is 3. The summed E-state index contributed by atoms with van der Waals surface area (Å²) in [4.78, 5) is 10.1. The highest BCUT2D eigenvalue weighted by Crippen LogP contribution is 2.17. The number of nitrogen functional groups attached to an aromatic ring is 2. The van der Waals surface area contributed by atoms with E-state index in [1.165, 1.54) is 0 Å². The summed E-state index contributed by atoms with van der Waals surface area (Å²) in [6, 6.07) is 0. The molecule has 0 aromatic carbocycles. The van der Waals surface area contributed by atoms with Crippen LogP contribution in [0.2, 0.25) is 0 Å². The van der Waals surface area contributed by atoms with Gasteiger partial charge >= 0.3 is 5.97 Å². The predicted molar refractivity (Wildman–Crippen MR) is 54.8 cm³/mol. The lowest BCUT2D eigenvalue weighted by molar-refractivity contribution is -0.399. The zero-order chi connectivity index (χ0) is 14.1. The van der Waals surface area contributed by atoms with Crippen molar-refractivity contribution >= 4 is 17.8 Å². The van der Waals surface area contributed by atoms with Crippen LogP contribution in [0.1, 0.15) is 0 Å². The molecule has 1 heterocycles. The molecule has 0 aliphatic carbocycles. The minimum absolute atomic E-state index is 0.362. The Morgan fingerprint density at radius 3 is 1.78 bits per heavy atom. The van der Waals surface area contributed by atoms with Gasteiger partial charge in [0, 0.05) is 0 Å². The number of aliphatic hydroxyl groups is 6. The summed E-state index contributed by atoms with van der Waals surface area (Å²) in [7, 11) is 0. The Morgan fingerprint density at radius 2 is 1.39 bits per heavy atom. The lowest BCUT2D eigenvalue weighted by Crippen LogP contribution is -2.60. The van der Waals surface area contributed by atoms with Crippen LogP contribution < -0.4 is 16.8 Å². The summed E-state index contributed by atoms with van der Waals surface area (Å²) in [5.74, 6) is -8.45. The molecular weight excluding hydrogens is 252 g/mol. The molecule has 1 aromatic heterocycles. The van der Waals surface area contributed by atoms with Gasteiger partial charge < -0.3 is 47.4 Å². The molecule has 12 heteroatoms. The predicted octanol–water partition coefficient (Wildman–Crippen LogP) is -4.92. The fourth-order valence-corrected chi connectivity index (χ4v) is 0.968. The molecule has 0 amide bonds. The quantitative estimate of drug-likeness (QED) is 0.233. The zero-order valence-corrected chi connectivity index (χ0v) is 8.76. The van der Waals surface area contributed by atoms with E-state index in [1.807, 2.05) is 0 Å². The van der Waals surface area contributed by atoms with Crippen molar-refractivity contribution in [1.29, 1.82) is 0 Å². The summed E-state index contributed by atoms with van der Waals surface area (Å²) < 4.78 is 0. The van der Waals surface area contributed by atoms with E-state index >= 15 is 0 Å². The van der Waals surface area contributed by atoms with Crippen molar-refractivity contribution < 1.29 is 30.6 Å². The molecule has 0 fully saturated rings. The fraction of sp³-hybridized carbons (Fsp3) is 0.500.